The molecule has 0 saturated carbocycles. The Balaban J connectivity index is 1.63. The molecule has 2 N–H and O–H groups in total. The van der Waals surface area contributed by atoms with Crippen LogP contribution in [-0.4, -0.2) is 61.1 Å². The lowest BCUT2D eigenvalue weighted by atomic mass is 10.1. The lowest BCUT2D eigenvalue weighted by molar-refractivity contribution is 0.289. The van der Waals surface area contributed by atoms with Crippen molar-refractivity contribution in [1.29, 1.82) is 0 Å². The molecule has 0 spiro atoms. The van der Waals surface area contributed by atoms with E-state index in [1.165, 1.54) is 57.4 Å². The number of hydrogen-bond acceptors (Lipinski definition) is 3. The monoisotopic (exact) mass is 312 g/mol. The van der Waals surface area contributed by atoms with E-state index in [9.17, 15) is 0 Å². The van der Waals surface area contributed by atoms with Crippen LogP contribution in [0.15, 0.2) is 4.99 Å². The van der Waals surface area contributed by atoms with Crippen LogP contribution in [0.2, 0.25) is 0 Å². The van der Waals surface area contributed by atoms with Gasteiger partial charge in [0.05, 0.1) is 0 Å². The van der Waals surface area contributed by atoms with Crippen LogP contribution >= 0.6 is 11.8 Å². The van der Waals surface area contributed by atoms with Gasteiger partial charge in [-0.05, 0) is 51.4 Å². The predicted octanol–water partition coefficient (Wildman–Crippen LogP) is 2.31. The minimum absolute atomic E-state index is 0.391. The lowest BCUT2D eigenvalue weighted by Gasteiger charge is -2.25. The summed E-state index contributed by atoms with van der Waals surface area (Å²) in [5.74, 6) is 2.26. The van der Waals surface area contributed by atoms with Gasteiger partial charge in [0.1, 0.15) is 0 Å². The van der Waals surface area contributed by atoms with Crippen molar-refractivity contribution in [2.45, 2.75) is 50.2 Å². The second-order valence-corrected chi connectivity index (χ2v) is 8.19. The molecule has 5 heteroatoms. The number of guanidine groups is 1. The van der Waals surface area contributed by atoms with E-state index >= 15 is 0 Å². The third-order valence-corrected chi connectivity index (χ3v) is 6.11. The quantitative estimate of drug-likeness (QED) is 0.604. The molecule has 0 aromatic heterocycles. The molecule has 4 nitrogen and oxygen atoms in total. The maximum absolute atomic E-state index is 4.35. The Morgan fingerprint density at radius 1 is 1.14 bits per heavy atom. The maximum Gasteiger partial charge on any atom is 0.191 e. The van der Waals surface area contributed by atoms with Crippen LogP contribution in [0.5, 0.6) is 0 Å². The van der Waals surface area contributed by atoms with Crippen molar-refractivity contribution in [3.05, 3.63) is 0 Å². The minimum Gasteiger partial charge on any atom is -0.355 e. The summed E-state index contributed by atoms with van der Waals surface area (Å²) < 4.78 is 0.391. The molecule has 21 heavy (non-hydrogen) atoms. The van der Waals surface area contributed by atoms with Crippen LogP contribution in [0.4, 0.5) is 0 Å². The number of nitrogens with zero attached hydrogens (tertiary/aromatic N) is 2. The van der Waals surface area contributed by atoms with E-state index in [0.29, 0.717) is 4.75 Å². The molecule has 0 aromatic carbocycles. The summed E-state index contributed by atoms with van der Waals surface area (Å²) in [5, 5.41) is 6.97. The van der Waals surface area contributed by atoms with Crippen LogP contribution in [0.1, 0.15) is 45.4 Å². The average Bonchev–Trinajstić information content (AvgIpc) is 2.75. The Kier molecular flexibility index (Phi) is 7.17. The summed E-state index contributed by atoms with van der Waals surface area (Å²) in [4.78, 5) is 6.93. The van der Waals surface area contributed by atoms with Crippen LogP contribution in [0.25, 0.3) is 0 Å². The van der Waals surface area contributed by atoms with Gasteiger partial charge in [0.15, 0.2) is 5.96 Å². The second kappa shape index (κ2) is 8.89. The molecular weight excluding hydrogens is 280 g/mol. The van der Waals surface area contributed by atoms with Gasteiger partial charge in [-0.3, -0.25) is 4.99 Å². The average molecular weight is 313 g/mol. The first kappa shape index (κ1) is 16.9. The number of aliphatic imine (C=N–C) groups is 1. The van der Waals surface area contributed by atoms with E-state index in [-0.39, 0.29) is 0 Å². The topological polar surface area (TPSA) is 39.7 Å². The summed E-state index contributed by atoms with van der Waals surface area (Å²) in [6, 6.07) is 0. The molecule has 0 amide bonds. The summed E-state index contributed by atoms with van der Waals surface area (Å²) in [6.07, 6.45) is 8.21. The van der Waals surface area contributed by atoms with Crippen LogP contribution in [-0.2, 0) is 0 Å². The highest BCUT2D eigenvalue weighted by atomic mass is 32.2. The highest BCUT2D eigenvalue weighted by Crippen LogP contribution is 2.36. The van der Waals surface area contributed by atoms with Gasteiger partial charge >= 0.3 is 0 Å². The van der Waals surface area contributed by atoms with Gasteiger partial charge in [0, 0.05) is 31.4 Å². The van der Waals surface area contributed by atoms with Gasteiger partial charge in [0.25, 0.3) is 0 Å². The zero-order valence-corrected chi connectivity index (χ0v) is 14.6. The smallest absolute Gasteiger partial charge is 0.191 e. The Morgan fingerprint density at radius 2 is 1.90 bits per heavy atom. The zero-order valence-electron chi connectivity index (χ0n) is 13.8. The number of rotatable bonds is 5. The first-order valence-electron chi connectivity index (χ1n) is 8.53. The Hall–Kier alpha value is -0.420. The third kappa shape index (κ3) is 6.07. The molecule has 0 radical (unpaired) electrons. The van der Waals surface area contributed by atoms with Crippen LogP contribution < -0.4 is 10.6 Å². The zero-order chi connectivity index (χ0) is 15.0. The molecule has 0 aliphatic carbocycles. The van der Waals surface area contributed by atoms with E-state index in [1.54, 1.807) is 0 Å². The van der Waals surface area contributed by atoms with Crippen molar-refractivity contribution >= 4 is 17.7 Å². The van der Waals surface area contributed by atoms with Gasteiger partial charge in [-0.25, -0.2) is 0 Å². The normalized spacial score (nSPS) is 28.4. The standard InChI is InChI=1S/C16H32N4S/c1-16(8-7-13-21-16)14-19-15(17-2)18-9-12-20-10-5-3-4-6-11-20/h3-14H2,1-2H3,(H2,17,18,19). The first-order chi connectivity index (χ1) is 10.2. The van der Waals surface area contributed by atoms with E-state index in [1.807, 2.05) is 7.05 Å². The summed E-state index contributed by atoms with van der Waals surface area (Å²) >= 11 is 2.09. The highest BCUT2D eigenvalue weighted by Gasteiger charge is 2.29. The van der Waals surface area contributed by atoms with Crippen molar-refractivity contribution in [3.8, 4) is 0 Å². The molecule has 2 rings (SSSR count). The number of likely N-dealkylation sites (tertiary alicyclic amines) is 1. The first-order valence-corrected chi connectivity index (χ1v) is 9.51. The van der Waals surface area contributed by atoms with Gasteiger partial charge in [-0.1, -0.05) is 12.8 Å². The summed E-state index contributed by atoms with van der Waals surface area (Å²) in [7, 11) is 1.87. The van der Waals surface area contributed by atoms with E-state index in [0.717, 1.165) is 25.6 Å². The predicted molar refractivity (Wildman–Crippen MR) is 94.4 cm³/mol. The Morgan fingerprint density at radius 3 is 2.52 bits per heavy atom. The van der Waals surface area contributed by atoms with Crippen molar-refractivity contribution in [1.82, 2.24) is 15.5 Å². The van der Waals surface area contributed by atoms with E-state index in [4.69, 9.17) is 0 Å². The largest absolute Gasteiger partial charge is 0.355 e. The molecule has 2 saturated heterocycles. The lowest BCUT2D eigenvalue weighted by Crippen LogP contribution is -2.45. The Bertz CT molecular complexity index is 318. The van der Waals surface area contributed by atoms with E-state index < -0.39 is 0 Å². The number of hydrogen-bond donors (Lipinski definition) is 2. The molecule has 1 atom stereocenters. The van der Waals surface area contributed by atoms with Crippen molar-refractivity contribution in [3.63, 3.8) is 0 Å². The molecule has 0 aromatic rings. The summed E-state index contributed by atoms with van der Waals surface area (Å²) in [6.45, 7) is 8.03. The fourth-order valence-corrected chi connectivity index (χ4v) is 4.40. The molecule has 2 aliphatic rings. The fraction of sp³-hybridized carbons (Fsp3) is 0.938. The number of thioether (sulfide) groups is 1. The van der Waals surface area contributed by atoms with E-state index in [2.05, 4.69) is 39.2 Å². The maximum atomic E-state index is 4.35. The molecular formula is C16H32N4S. The summed E-state index contributed by atoms with van der Waals surface area (Å²) in [5.41, 5.74) is 0. The van der Waals surface area contributed by atoms with Gasteiger partial charge in [-0.2, -0.15) is 11.8 Å². The highest BCUT2D eigenvalue weighted by molar-refractivity contribution is 8.00. The molecule has 2 heterocycles. The molecule has 1 unspecified atom stereocenters. The molecule has 2 aliphatic heterocycles. The van der Waals surface area contributed by atoms with Crippen LogP contribution in [0.3, 0.4) is 0 Å². The van der Waals surface area contributed by atoms with Gasteiger partial charge in [-0.15, -0.1) is 0 Å². The fourth-order valence-electron chi connectivity index (χ4n) is 3.16. The SMILES string of the molecule is CN=C(NCCN1CCCCCC1)NCC1(C)CCCS1. The number of nitrogens with one attached hydrogen (secondary N) is 2. The third-order valence-electron chi connectivity index (χ3n) is 4.57. The molecule has 2 fully saturated rings. The van der Waals surface area contributed by atoms with Crippen molar-refractivity contribution in [2.75, 3.05) is 45.5 Å². The van der Waals surface area contributed by atoms with Crippen molar-refractivity contribution < 1.29 is 0 Å². The van der Waals surface area contributed by atoms with Gasteiger partial charge < -0.3 is 15.5 Å². The van der Waals surface area contributed by atoms with Crippen molar-refractivity contribution in [2.24, 2.45) is 4.99 Å². The molecule has 122 valence electrons. The minimum atomic E-state index is 0.391. The van der Waals surface area contributed by atoms with Gasteiger partial charge in [0.2, 0.25) is 0 Å². The van der Waals surface area contributed by atoms with Crippen LogP contribution in [0, 0.1) is 0 Å². The molecule has 0 bridgehead atoms. The Labute approximate surface area is 134 Å². The second-order valence-electron chi connectivity index (χ2n) is 6.51.